The summed E-state index contributed by atoms with van der Waals surface area (Å²) in [6.07, 6.45) is 0. The summed E-state index contributed by atoms with van der Waals surface area (Å²) in [6.45, 7) is 0. The summed E-state index contributed by atoms with van der Waals surface area (Å²) in [5, 5.41) is 0. The number of rotatable bonds is 1. The average Bonchev–Trinajstić information content (AvgIpc) is 2.49. The third kappa shape index (κ3) is 1.60. The zero-order valence-corrected chi connectivity index (χ0v) is 7.68. The Balaban J connectivity index is 2.48. The molecule has 1 heterocycles. The number of hydrogen-bond donors (Lipinski definition) is 2. The van der Waals surface area contributed by atoms with Crippen molar-refractivity contribution in [2.24, 2.45) is 0 Å². The molecule has 1 aromatic heterocycles. The van der Waals surface area contributed by atoms with E-state index in [4.69, 9.17) is 0 Å². The number of H-pyrrole nitrogens is 1. The molecule has 1 N–H and O–H groups in total. The van der Waals surface area contributed by atoms with Crippen LogP contribution in [0.3, 0.4) is 0 Å². The zero-order chi connectivity index (χ0) is 9.26. The molecule has 0 aliphatic heterocycles. The highest BCUT2D eigenvalue weighted by Crippen LogP contribution is 2.22. The van der Waals surface area contributed by atoms with Crippen LogP contribution in [-0.4, -0.2) is 4.98 Å². The van der Waals surface area contributed by atoms with Crippen LogP contribution < -0.4 is 0 Å². The summed E-state index contributed by atoms with van der Waals surface area (Å²) in [7, 11) is 0. The van der Waals surface area contributed by atoms with Gasteiger partial charge in [0, 0.05) is 5.69 Å². The molecule has 0 fully saturated rings. The van der Waals surface area contributed by atoms with Crippen LogP contribution in [0.1, 0.15) is 0 Å². The van der Waals surface area contributed by atoms with Crippen LogP contribution >= 0.6 is 12.6 Å². The fourth-order valence-corrected chi connectivity index (χ4v) is 1.38. The lowest BCUT2D eigenvalue weighted by Gasteiger charge is -1.94. The van der Waals surface area contributed by atoms with E-state index in [9.17, 15) is 4.39 Å². The van der Waals surface area contributed by atoms with Gasteiger partial charge in [-0.25, -0.2) is 0 Å². The minimum absolute atomic E-state index is 0.346. The molecule has 0 aliphatic rings. The second-order valence-electron chi connectivity index (χ2n) is 2.75. The van der Waals surface area contributed by atoms with Gasteiger partial charge >= 0.3 is 0 Å². The van der Waals surface area contributed by atoms with Gasteiger partial charge in [0.05, 0.1) is 4.90 Å². The van der Waals surface area contributed by atoms with Crippen LogP contribution in [0, 0.1) is 5.95 Å². The number of benzene rings is 1. The van der Waals surface area contributed by atoms with E-state index in [1.54, 1.807) is 6.07 Å². The van der Waals surface area contributed by atoms with Gasteiger partial charge in [-0.05, 0) is 11.6 Å². The molecule has 0 radical (unpaired) electrons. The molecule has 0 amide bonds. The highest BCUT2D eigenvalue weighted by Gasteiger charge is 2.04. The monoisotopic (exact) mass is 193 g/mol. The molecule has 0 aliphatic carbocycles. The summed E-state index contributed by atoms with van der Waals surface area (Å²) in [4.78, 5) is 2.96. The molecule has 2 rings (SSSR count). The molecule has 3 heteroatoms. The molecular weight excluding hydrogens is 185 g/mol. The van der Waals surface area contributed by atoms with E-state index in [-0.39, 0.29) is 5.95 Å². The van der Waals surface area contributed by atoms with Gasteiger partial charge in [-0.15, -0.1) is 12.6 Å². The summed E-state index contributed by atoms with van der Waals surface area (Å²) in [5.41, 5.74) is 1.71. The zero-order valence-electron chi connectivity index (χ0n) is 6.79. The molecule has 0 atom stereocenters. The quantitative estimate of drug-likeness (QED) is 0.647. The van der Waals surface area contributed by atoms with Crippen molar-refractivity contribution in [3.8, 4) is 11.3 Å². The molecule has 0 saturated heterocycles. The highest BCUT2D eigenvalue weighted by atomic mass is 32.1. The van der Waals surface area contributed by atoms with Crippen LogP contribution in [0.5, 0.6) is 0 Å². The molecular formula is C10H8FNS. The predicted octanol–water partition coefficient (Wildman–Crippen LogP) is 3.11. The molecule has 0 spiro atoms. The third-order valence-electron chi connectivity index (χ3n) is 1.84. The van der Waals surface area contributed by atoms with Crippen LogP contribution in [0.25, 0.3) is 11.3 Å². The molecule has 2 aromatic rings. The lowest BCUT2D eigenvalue weighted by molar-refractivity contribution is 0.570. The van der Waals surface area contributed by atoms with E-state index < -0.39 is 0 Å². The van der Waals surface area contributed by atoms with Crippen LogP contribution in [0.15, 0.2) is 41.3 Å². The SMILES string of the molecule is Fc1[nH]c(-c2ccccc2)cc1S. The fourth-order valence-electron chi connectivity index (χ4n) is 1.19. The van der Waals surface area contributed by atoms with Gasteiger partial charge in [-0.3, -0.25) is 0 Å². The van der Waals surface area contributed by atoms with E-state index >= 15 is 0 Å². The first kappa shape index (κ1) is 8.38. The predicted molar refractivity (Wildman–Crippen MR) is 53.4 cm³/mol. The summed E-state index contributed by atoms with van der Waals surface area (Å²) >= 11 is 3.96. The van der Waals surface area contributed by atoms with E-state index in [2.05, 4.69) is 17.6 Å². The van der Waals surface area contributed by atoms with Crippen molar-refractivity contribution in [3.63, 3.8) is 0 Å². The van der Waals surface area contributed by atoms with Gasteiger partial charge in [-0.2, -0.15) is 4.39 Å². The van der Waals surface area contributed by atoms with Crippen molar-refractivity contribution in [2.45, 2.75) is 4.90 Å². The number of aromatic nitrogens is 1. The van der Waals surface area contributed by atoms with Crippen LogP contribution in [0.4, 0.5) is 4.39 Å². The van der Waals surface area contributed by atoms with Crippen LogP contribution in [0.2, 0.25) is 0 Å². The van der Waals surface area contributed by atoms with Gasteiger partial charge in [0.1, 0.15) is 0 Å². The number of halogens is 1. The Labute approximate surface area is 81.0 Å². The van der Waals surface area contributed by atoms with Gasteiger partial charge in [-0.1, -0.05) is 30.3 Å². The van der Waals surface area contributed by atoms with Crippen molar-refractivity contribution in [3.05, 3.63) is 42.3 Å². The van der Waals surface area contributed by atoms with Gasteiger partial charge in [0.15, 0.2) is 0 Å². The molecule has 1 aromatic carbocycles. The van der Waals surface area contributed by atoms with Gasteiger partial charge in [0.2, 0.25) is 5.95 Å². The Kier molecular flexibility index (Phi) is 2.10. The lowest BCUT2D eigenvalue weighted by atomic mass is 10.2. The number of nitrogens with one attached hydrogen (secondary N) is 1. The standard InChI is InChI=1S/C10H8FNS/c11-10-9(13)6-8(12-10)7-4-2-1-3-5-7/h1-6,12-13H. The van der Waals surface area contributed by atoms with Crippen molar-refractivity contribution in [2.75, 3.05) is 0 Å². The second-order valence-corrected chi connectivity index (χ2v) is 3.23. The number of aromatic amines is 1. The Hall–Kier alpha value is -1.22. The normalized spacial score (nSPS) is 10.3. The molecule has 1 nitrogen and oxygen atoms in total. The molecule has 13 heavy (non-hydrogen) atoms. The molecule has 66 valence electrons. The number of thiol groups is 1. The van der Waals surface area contributed by atoms with Crippen molar-refractivity contribution in [1.82, 2.24) is 4.98 Å². The number of hydrogen-bond acceptors (Lipinski definition) is 1. The summed E-state index contributed by atoms with van der Waals surface area (Å²) in [5.74, 6) is -0.387. The minimum atomic E-state index is -0.387. The van der Waals surface area contributed by atoms with E-state index in [1.807, 2.05) is 30.3 Å². The Morgan fingerprint density at radius 3 is 2.38 bits per heavy atom. The first-order valence-corrected chi connectivity index (χ1v) is 4.35. The topological polar surface area (TPSA) is 15.8 Å². The second kappa shape index (κ2) is 3.26. The first-order valence-electron chi connectivity index (χ1n) is 3.90. The average molecular weight is 193 g/mol. The maximum Gasteiger partial charge on any atom is 0.205 e. The largest absolute Gasteiger partial charge is 0.331 e. The first-order chi connectivity index (χ1) is 6.27. The van der Waals surface area contributed by atoms with Crippen molar-refractivity contribution >= 4 is 12.6 Å². The van der Waals surface area contributed by atoms with E-state index in [1.165, 1.54) is 0 Å². The molecule has 0 bridgehead atoms. The van der Waals surface area contributed by atoms with E-state index in [0.717, 1.165) is 11.3 Å². The Bertz CT molecular complexity index is 389. The third-order valence-corrected chi connectivity index (χ3v) is 2.16. The van der Waals surface area contributed by atoms with Crippen molar-refractivity contribution in [1.29, 1.82) is 0 Å². The molecule has 0 saturated carbocycles. The fraction of sp³-hybridized carbons (Fsp3) is 0. The Morgan fingerprint density at radius 2 is 1.85 bits per heavy atom. The van der Waals surface area contributed by atoms with E-state index in [0.29, 0.717) is 4.90 Å². The van der Waals surface area contributed by atoms with Gasteiger partial charge < -0.3 is 4.98 Å². The maximum absolute atomic E-state index is 12.9. The van der Waals surface area contributed by atoms with Crippen molar-refractivity contribution < 1.29 is 4.39 Å². The molecule has 0 unspecified atom stereocenters. The Morgan fingerprint density at radius 1 is 1.15 bits per heavy atom. The summed E-state index contributed by atoms with van der Waals surface area (Å²) < 4.78 is 12.9. The summed E-state index contributed by atoms with van der Waals surface area (Å²) in [6, 6.07) is 11.2. The highest BCUT2D eigenvalue weighted by molar-refractivity contribution is 7.80. The lowest BCUT2D eigenvalue weighted by Crippen LogP contribution is -1.76. The van der Waals surface area contributed by atoms with Crippen LogP contribution in [-0.2, 0) is 0 Å². The smallest absolute Gasteiger partial charge is 0.205 e. The minimum Gasteiger partial charge on any atom is -0.331 e. The maximum atomic E-state index is 12.9. The van der Waals surface area contributed by atoms with Gasteiger partial charge in [0.25, 0.3) is 0 Å².